The minimum atomic E-state index is -3.56. The molecule has 3 aromatic rings. The Balaban J connectivity index is 1.52. The largest absolute Gasteiger partial charge is 0.366 e. The molecule has 0 atom stereocenters. The highest BCUT2D eigenvalue weighted by Crippen LogP contribution is 2.35. The summed E-state index contributed by atoms with van der Waals surface area (Å²) in [6.07, 6.45) is 0. The zero-order valence-electron chi connectivity index (χ0n) is 18.0. The van der Waals surface area contributed by atoms with Gasteiger partial charge in [-0.25, -0.2) is 8.42 Å². The van der Waals surface area contributed by atoms with Crippen molar-refractivity contribution in [2.75, 3.05) is 36.4 Å². The molecule has 0 radical (unpaired) electrons. The van der Waals surface area contributed by atoms with Crippen molar-refractivity contribution >= 4 is 61.5 Å². The molecule has 1 fully saturated rings. The molecule has 1 amide bonds. The molecule has 3 aromatic carbocycles. The number of hydrogen-bond donors (Lipinski definition) is 1. The molecule has 4 rings (SSSR count). The smallest absolute Gasteiger partial charge is 0.256 e. The second-order valence-corrected chi connectivity index (χ2v) is 11.3. The zero-order chi connectivity index (χ0) is 23.6. The quantitative estimate of drug-likeness (QED) is 0.421. The number of nitrogens with zero attached hydrogens (tertiary/aromatic N) is 2. The molecule has 0 aliphatic carbocycles. The van der Waals surface area contributed by atoms with Gasteiger partial charge in [0.05, 0.1) is 26.9 Å². The van der Waals surface area contributed by atoms with Crippen LogP contribution in [0, 0.1) is 10.5 Å². The minimum Gasteiger partial charge on any atom is -0.366 e. The molecule has 0 bridgehead atoms. The van der Waals surface area contributed by atoms with Crippen molar-refractivity contribution in [1.29, 1.82) is 0 Å². The van der Waals surface area contributed by atoms with Gasteiger partial charge in [-0.1, -0.05) is 47.5 Å². The van der Waals surface area contributed by atoms with Gasteiger partial charge < -0.3 is 10.2 Å². The van der Waals surface area contributed by atoms with Crippen LogP contribution in [0.4, 0.5) is 11.4 Å². The van der Waals surface area contributed by atoms with Gasteiger partial charge in [0.25, 0.3) is 5.91 Å². The van der Waals surface area contributed by atoms with E-state index in [1.165, 1.54) is 4.31 Å². The van der Waals surface area contributed by atoms with Gasteiger partial charge in [-0.3, -0.25) is 4.79 Å². The molecule has 1 aliphatic rings. The number of rotatable bonds is 5. The van der Waals surface area contributed by atoms with E-state index in [1.807, 2.05) is 36.1 Å². The molecule has 0 unspecified atom stereocenters. The van der Waals surface area contributed by atoms with E-state index >= 15 is 0 Å². The molecule has 6 nitrogen and oxygen atoms in total. The number of anilines is 2. The van der Waals surface area contributed by atoms with Gasteiger partial charge in [0, 0.05) is 29.7 Å². The van der Waals surface area contributed by atoms with E-state index in [0.717, 1.165) is 9.13 Å². The fourth-order valence-corrected chi connectivity index (χ4v) is 6.13. The van der Waals surface area contributed by atoms with Crippen LogP contribution < -0.4 is 10.2 Å². The third kappa shape index (κ3) is 5.18. The molecule has 0 spiro atoms. The number of carbonyl (C=O) groups excluding carboxylic acids is 1. The summed E-state index contributed by atoms with van der Waals surface area (Å²) in [5.74, 6) is -0.218. The molecule has 1 saturated heterocycles. The number of halogens is 2. The van der Waals surface area contributed by atoms with Gasteiger partial charge in [-0.15, -0.1) is 0 Å². The second-order valence-electron chi connectivity index (χ2n) is 7.77. The van der Waals surface area contributed by atoms with E-state index in [-0.39, 0.29) is 5.91 Å². The first kappa shape index (κ1) is 24.0. The van der Waals surface area contributed by atoms with Crippen LogP contribution in [-0.2, 0) is 10.0 Å². The Morgan fingerprint density at radius 2 is 1.61 bits per heavy atom. The topological polar surface area (TPSA) is 69.7 Å². The second kappa shape index (κ2) is 10.0. The van der Waals surface area contributed by atoms with E-state index < -0.39 is 10.0 Å². The summed E-state index contributed by atoms with van der Waals surface area (Å²) in [6, 6.07) is 19.6. The van der Waals surface area contributed by atoms with E-state index in [9.17, 15) is 13.2 Å². The van der Waals surface area contributed by atoms with Crippen molar-refractivity contribution in [3.8, 4) is 0 Å². The SMILES string of the molecule is Cc1ccc(S(=O)(=O)N2CCN(c3c(Cl)cccc3NC(=O)c3ccccc3I)CC2)cc1. The Morgan fingerprint density at radius 3 is 2.27 bits per heavy atom. The van der Waals surface area contributed by atoms with Gasteiger partial charge in [-0.05, 0) is 65.9 Å². The Kier molecular flexibility index (Phi) is 7.28. The predicted octanol–water partition coefficient (Wildman–Crippen LogP) is 5.02. The van der Waals surface area contributed by atoms with Crippen LogP contribution >= 0.6 is 34.2 Å². The fraction of sp³-hybridized carbons (Fsp3) is 0.208. The maximum atomic E-state index is 13.0. The lowest BCUT2D eigenvalue weighted by atomic mass is 10.2. The predicted molar refractivity (Wildman–Crippen MR) is 141 cm³/mol. The lowest BCUT2D eigenvalue weighted by molar-refractivity contribution is 0.102. The Labute approximate surface area is 212 Å². The number of aryl methyl sites for hydroxylation is 1. The van der Waals surface area contributed by atoms with Crippen molar-refractivity contribution in [2.45, 2.75) is 11.8 Å². The van der Waals surface area contributed by atoms with E-state index in [1.54, 1.807) is 42.5 Å². The van der Waals surface area contributed by atoms with Gasteiger partial charge >= 0.3 is 0 Å². The van der Waals surface area contributed by atoms with Crippen LogP contribution in [0.2, 0.25) is 5.02 Å². The third-order valence-electron chi connectivity index (χ3n) is 5.57. The van der Waals surface area contributed by atoms with Crippen LogP contribution in [0.5, 0.6) is 0 Å². The van der Waals surface area contributed by atoms with Crippen molar-refractivity contribution in [1.82, 2.24) is 4.31 Å². The van der Waals surface area contributed by atoms with E-state index in [2.05, 4.69) is 27.9 Å². The van der Waals surface area contributed by atoms with Crippen LogP contribution in [0.25, 0.3) is 0 Å². The summed E-state index contributed by atoms with van der Waals surface area (Å²) in [7, 11) is -3.56. The molecule has 1 aliphatic heterocycles. The molecule has 33 heavy (non-hydrogen) atoms. The number of piperazine rings is 1. The minimum absolute atomic E-state index is 0.218. The number of para-hydroxylation sites is 1. The standard InChI is InChI=1S/C24H23ClIN3O3S/c1-17-9-11-18(12-10-17)33(31,32)29-15-13-28(14-16-29)23-20(25)6-4-8-22(23)27-24(30)19-5-2-3-7-21(19)26/h2-12H,13-16H2,1H3,(H,27,30). The van der Waals surface area contributed by atoms with Crippen LogP contribution in [0.3, 0.4) is 0 Å². The number of sulfonamides is 1. The van der Waals surface area contributed by atoms with Crippen molar-refractivity contribution in [3.05, 3.63) is 86.4 Å². The highest BCUT2D eigenvalue weighted by atomic mass is 127. The van der Waals surface area contributed by atoms with E-state index in [0.29, 0.717) is 53.0 Å². The maximum Gasteiger partial charge on any atom is 0.256 e. The Bertz CT molecular complexity index is 1270. The molecule has 0 saturated carbocycles. The number of nitrogens with one attached hydrogen (secondary N) is 1. The van der Waals surface area contributed by atoms with Crippen LogP contribution in [0.15, 0.2) is 71.6 Å². The third-order valence-corrected chi connectivity index (χ3v) is 8.73. The van der Waals surface area contributed by atoms with Gasteiger partial charge in [-0.2, -0.15) is 4.31 Å². The molecular weight excluding hydrogens is 573 g/mol. The molecule has 0 aromatic heterocycles. The van der Waals surface area contributed by atoms with Crippen LogP contribution in [0.1, 0.15) is 15.9 Å². The fourth-order valence-electron chi connectivity index (χ4n) is 3.78. The summed E-state index contributed by atoms with van der Waals surface area (Å²) in [4.78, 5) is 15.2. The number of hydrogen-bond acceptors (Lipinski definition) is 4. The number of carbonyl (C=O) groups is 1. The highest BCUT2D eigenvalue weighted by molar-refractivity contribution is 14.1. The van der Waals surface area contributed by atoms with E-state index in [4.69, 9.17) is 11.6 Å². The monoisotopic (exact) mass is 595 g/mol. The summed E-state index contributed by atoms with van der Waals surface area (Å²) in [5, 5.41) is 3.48. The molecule has 1 heterocycles. The highest BCUT2D eigenvalue weighted by Gasteiger charge is 2.30. The summed E-state index contributed by atoms with van der Waals surface area (Å²) in [6.45, 7) is 3.49. The number of amides is 1. The lowest BCUT2D eigenvalue weighted by Gasteiger charge is -2.36. The maximum absolute atomic E-state index is 13.0. The molecule has 9 heteroatoms. The molecule has 1 N–H and O–H groups in total. The molecule has 172 valence electrons. The number of benzene rings is 3. The first-order valence-corrected chi connectivity index (χ1v) is 13.3. The van der Waals surface area contributed by atoms with Gasteiger partial charge in [0.1, 0.15) is 0 Å². The summed E-state index contributed by atoms with van der Waals surface area (Å²) < 4.78 is 28.4. The Morgan fingerprint density at radius 1 is 0.939 bits per heavy atom. The van der Waals surface area contributed by atoms with Gasteiger partial charge in [0.2, 0.25) is 10.0 Å². The zero-order valence-corrected chi connectivity index (χ0v) is 21.7. The van der Waals surface area contributed by atoms with Gasteiger partial charge in [0.15, 0.2) is 0 Å². The normalized spacial score (nSPS) is 14.8. The average molecular weight is 596 g/mol. The van der Waals surface area contributed by atoms with Crippen molar-refractivity contribution in [2.24, 2.45) is 0 Å². The van der Waals surface area contributed by atoms with Crippen LogP contribution in [-0.4, -0.2) is 44.8 Å². The summed E-state index contributed by atoms with van der Waals surface area (Å²) in [5.41, 5.74) is 2.89. The van der Waals surface area contributed by atoms with Crippen molar-refractivity contribution < 1.29 is 13.2 Å². The van der Waals surface area contributed by atoms with Crippen molar-refractivity contribution in [3.63, 3.8) is 0 Å². The summed E-state index contributed by atoms with van der Waals surface area (Å²) >= 11 is 8.67. The average Bonchev–Trinajstić information content (AvgIpc) is 2.80. The molecular formula is C24H23ClIN3O3S. The Hall–Kier alpha value is -2.14. The first-order valence-electron chi connectivity index (χ1n) is 10.4. The first-order chi connectivity index (χ1) is 15.8. The lowest BCUT2D eigenvalue weighted by Crippen LogP contribution is -2.49.